The van der Waals surface area contributed by atoms with Gasteiger partial charge in [-0.15, -0.1) is 0 Å². The van der Waals surface area contributed by atoms with Gasteiger partial charge < -0.3 is 14.6 Å². The van der Waals surface area contributed by atoms with E-state index in [4.69, 9.17) is 4.74 Å². The molecule has 0 spiro atoms. The highest BCUT2D eigenvalue weighted by Gasteiger charge is 2.25. The largest absolute Gasteiger partial charge is 0.446 e. The zero-order valence-electron chi connectivity index (χ0n) is 18.6. The van der Waals surface area contributed by atoms with Crippen LogP contribution in [0.4, 0.5) is 4.79 Å². The van der Waals surface area contributed by atoms with E-state index in [1.165, 1.54) is 11.8 Å². The second-order valence-corrected chi connectivity index (χ2v) is 10.9. The second kappa shape index (κ2) is 8.67. The first-order valence-corrected chi connectivity index (χ1v) is 13.2. The Balaban J connectivity index is 1.36. The summed E-state index contributed by atoms with van der Waals surface area (Å²) in [6.45, 7) is 1.16. The van der Waals surface area contributed by atoms with Crippen LogP contribution in [0.5, 0.6) is 0 Å². The van der Waals surface area contributed by atoms with E-state index in [2.05, 4.69) is 22.1 Å². The van der Waals surface area contributed by atoms with Gasteiger partial charge in [-0.1, -0.05) is 18.2 Å². The molecule has 8 heteroatoms. The monoisotopic (exact) mass is 465 g/mol. The Morgan fingerprint density at radius 1 is 1.15 bits per heavy atom. The van der Waals surface area contributed by atoms with Gasteiger partial charge in [0.05, 0.1) is 4.90 Å². The molecule has 0 saturated heterocycles. The van der Waals surface area contributed by atoms with Crippen molar-refractivity contribution in [3.05, 3.63) is 54.4 Å². The van der Waals surface area contributed by atoms with Crippen molar-refractivity contribution in [2.24, 2.45) is 0 Å². The SMILES string of the molecule is CS(=O)(=O)c1ccc(-c2cnc3[nH]cc(C4=CCN(C(=O)OC5CCCC5)CC4)c3c2)cc1. The lowest BCUT2D eigenvalue weighted by atomic mass is 9.98. The summed E-state index contributed by atoms with van der Waals surface area (Å²) >= 11 is 0. The zero-order chi connectivity index (χ0) is 23.0. The maximum atomic E-state index is 12.5. The van der Waals surface area contributed by atoms with Gasteiger partial charge >= 0.3 is 6.09 Å². The normalized spacial score (nSPS) is 17.4. The van der Waals surface area contributed by atoms with Gasteiger partial charge in [0.15, 0.2) is 9.84 Å². The predicted octanol–water partition coefficient (Wildman–Crippen LogP) is 4.80. The topological polar surface area (TPSA) is 92.4 Å². The van der Waals surface area contributed by atoms with Gasteiger partial charge in [0, 0.05) is 48.3 Å². The highest BCUT2D eigenvalue weighted by molar-refractivity contribution is 7.90. The van der Waals surface area contributed by atoms with E-state index < -0.39 is 9.84 Å². The number of aromatic amines is 1. The van der Waals surface area contributed by atoms with E-state index in [0.29, 0.717) is 18.0 Å². The number of carbonyl (C=O) groups excluding carboxylic acids is 1. The Morgan fingerprint density at radius 2 is 1.91 bits per heavy atom. The molecule has 2 aromatic heterocycles. The van der Waals surface area contributed by atoms with Crippen molar-refractivity contribution in [2.75, 3.05) is 19.3 Å². The van der Waals surface area contributed by atoms with Crippen LogP contribution in [0.25, 0.3) is 27.7 Å². The summed E-state index contributed by atoms with van der Waals surface area (Å²) in [5.74, 6) is 0. The number of pyridine rings is 1. The lowest BCUT2D eigenvalue weighted by molar-refractivity contribution is 0.0682. The molecule has 1 fully saturated rings. The van der Waals surface area contributed by atoms with Gasteiger partial charge in [0.25, 0.3) is 0 Å². The predicted molar refractivity (Wildman–Crippen MR) is 128 cm³/mol. The number of nitrogens with zero attached hydrogens (tertiary/aromatic N) is 2. The van der Waals surface area contributed by atoms with Crippen molar-refractivity contribution in [3.63, 3.8) is 0 Å². The van der Waals surface area contributed by atoms with Crippen molar-refractivity contribution in [1.29, 1.82) is 0 Å². The Morgan fingerprint density at radius 3 is 2.58 bits per heavy atom. The third-order valence-electron chi connectivity index (χ3n) is 6.53. The number of hydrogen-bond donors (Lipinski definition) is 1. The Labute approximate surface area is 193 Å². The summed E-state index contributed by atoms with van der Waals surface area (Å²) < 4.78 is 29.1. The van der Waals surface area contributed by atoms with Crippen molar-refractivity contribution >= 4 is 32.5 Å². The molecule has 0 unspecified atom stereocenters. The van der Waals surface area contributed by atoms with Gasteiger partial charge in [-0.25, -0.2) is 18.2 Å². The third-order valence-corrected chi connectivity index (χ3v) is 7.66. The Kier molecular flexibility index (Phi) is 5.70. The minimum absolute atomic E-state index is 0.0764. The maximum absolute atomic E-state index is 12.5. The molecule has 0 radical (unpaired) electrons. The van der Waals surface area contributed by atoms with E-state index in [0.717, 1.165) is 59.8 Å². The quantitative estimate of drug-likeness (QED) is 0.597. The summed E-state index contributed by atoms with van der Waals surface area (Å²) in [6, 6.07) is 8.93. The highest BCUT2D eigenvalue weighted by atomic mass is 32.2. The minimum Gasteiger partial charge on any atom is -0.446 e. The number of H-pyrrole nitrogens is 1. The standard InChI is InChI=1S/C25H27N3O4S/c1-33(30,31)21-8-6-17(7-9-21)19-14-22-23(16-27-24(22)26-15-19)18-10-12-28(13-11-18)25(29)32-20-4-2-3-5-20/h6-10,14-16,20H,2-5,11-13H2,1H3,(H,26,27). The van der Waals surface area contributed by atoms with Gasteiger partial charge in [0.1, 0.15) is 11.8 Å². The van der Waals surface area contributed by atoms with Crippen LogP contribution in [0.1, 0.15) is 37.7 Å². The molecule has 172 valence electrons. The van der Waals surface area contributed by atoms with Crippen molar-refractivity contribution in [3.8, 4) is 11.1 Å². The molecule has 3 aromatic rings. The first-order valence-electron chi connectivity index (χ1n) is 11.3. The summed E-state index contributed by atoms with van der Waals surface area (Å²) in [5, 5.41) is 1.01. The average Bonchev–Trinajstić information content (AvgIpc) is 3.48. The van der Waals surface area contributed by atoms with Crippen LogP contribution in [0.3, 0.4) is 0 Å². The van der Waals surface area contributed by atoms with E-state index in [-0.39, 0.29) is 12.2 Å². The highest BCUT2D eigenvalue weighted by Crippen LogP contribution is 2.32. The molecule has 1 amide bonds. The molecule has 1 N–H and O–H groups in total. The molecule has 33 heavy (non-hydrogen) atoms. The first kappa shape index (κ1) is 21.7. The number of ether oxygens (including phenoxy) is 1. The van der Waals surface area contributed by atoms with Crippen LogP contribution in [0, 0.1) is 0 Å². The van der Waals surface area contributed by atoms with E-state index in [1.54, 1.807) is 35.4 Å². The van der Waals surface area contributed by atoms with Gasteiger partial charge in [-0.3, -0.25) is 0 Å². The van der Waals surface area contributed by atoms with Crippen LogP contribution < -0.4 is 0 Å². The molecule has 5 rings (SSSR count). The smallest absolute Gasteiger partial charge is 0.410 e. The van der Waals surface area contributed by atoms with Crippen LogP contribution in [0.2, 0.25) is 0 Å². The number of aromatic nitrogens is 2. The number of nitrogens with one attached hydrogen (secondary N) is 1. The zero-order valence-corrected chi connectivity index (χ0v) is 19.4. The van der Waals surface area contributed by atoms with Gasteiger partial charge in [0.2, 0.25) is 0 Å². The summed E-state index contributed by atoms with van der Waals surface area (Å²) in [7, 11) is -3.23. The fourth-order valence-electron chi connectivity index (χ4n) is 4.62. The number of rotatable bonds is 4. The average molecular weight is 466 g/mol. The van der Waals surface area contributed by atoms with Crippen LogP contribution in [-0.2, 0) is 14.6 Å². The summed E-state index contributed by atoms with van der Waals surface area (Å²) in [4.78, 5) is 22.3. The van der Waals surface area contributed by atoms with Gasteiger partial charge in [-0.05, 0) is 61.4 Å². The third kappa shape index (κ3) is 4.53. The minimum atomic E-state index is -3.23. The number of amides is 1. The molecule has 1 aliphatic heterocycles. The van der Waals surface area contributed by atoms with Crippen LogP contribution in [-0.4, -0.2) is 54.8 Å². The molecule has 1 aliphatic carbocycles. The Bertz CT molecular complexity index is 1320. The summed E-state index contributed by atoms with van der Waals surface area (Å²) in [5.41, 5.74) is 4.88. The lowest BCUT2D eigenvalue weighted by Crippen LogP contribution is -2.36. The lowest BCUT2D eigenvalue weighted by Gasteiger charge is -2.27. The molecular formula is C25H27N3O4S. The fraction of sp³-hybridized carbons (Fsp3) is 0.360. The number of carbonyl (C=O) groups is 1. The second-order valence-electron chi connectivity index (χ2n) is 8.83. The van der Waals surface area contributed by atoms with E-state index >= 15 is 0 Å². The van der Waals surface area contributed by atoms with Crippen LogP contribution in [0.15, 0.2) is 53.7 Å². The first-order chi connectivity index (χ1) is 15.9. The summed E-state index contributed by atoms with van der Waals surface area (Å²) in [6.07, 6.45) is 11.9. The molecular weight excluding hydrogens is 438 g/mol. The van der Waals surface area contributed by atoms with E-state index in [1.807, 2.05) is 6.20 Å². The van der Waals surface area contributed by atoms with Crippen LogP contribution >= 0.6 is 0 Å². The number of hydrogen-bond acceptors (Lipinski definition) is 5. The molecule has 3 heterocycles. The molecule has 0 atom stereocenters. The fourth-order valence-corrected chi connectivity index (χ4v) is 5.25. The van der Waals surface area contributed by atoms with Crippen molar-refractivity contribution in [2.45, 2.75) is 43.1 Å². The van der Waals surface area contributed by atoms with E-state index in [9.17, 15) is 13.2 Å². The van der Waals surface area contributed by atoms with Crippen molar-refractivity contribution in [1.82, 2.24) is 14.9 Å². The van der Waals surface area contributed by atoms with Gasteiger partial charge in [-0.2, -0.15) is 0 Å². The molecule has 1 aromatic carbocycles. The number of fused-ring (bicyclic) bond motifs is 1. The molecule has 1 saturated carbocycles. The van der Waals surface area contributed by atoms with Crippen molar-refractivity contribution < 1.29 is 17.9 Å². The molecule has 0 bridgehead atoms. The molecule has 7 nitrogen and oxygen atoms in total. The molecule has 2 aliphatic rings. The Hall–Kier alpha value is -3.13. The number of benzene rings is 1. The maximum Gasteiger partial charge on any atom is 0.410 e. The number of sulfone groups is 1.